The number of halogens is 1. The molecule has 0 radical (unpaired) electrons. The number of hydrogen-bond acceptors (Lipinski definition) is 2. The molecule has 2 aliphatic rings. The monoisotopic (exact) mass is 338 g/mol. The normalized spacial score (nSPS) is 35.5. The molecule has 1 aromatic rings. The van der Waals surface area contributed by atoms with Crippen LogP contribution in [0.5, 0.6) is 5.75 Å². The fraction of sp³-hybridized carbons (Fsp3) is 0.647. The van der Waals surface area contributed by atoms with Gasteiger partial charge in [0.1, 0.15) is 11.4 Å². The lowest BCUT2D eigenvalue weighted by Gasteiger charge is -2.50. The number of aliphatic hydroxyl groups excluding tert-OH is 1. The largest absolute Gasteiger partial charge is 0.487 e. The topological polar surface area (TPSA) is 29.5 Å². The van der Waals surface area contributed by atoms with Gasteiger partial charge in [-0.25, -0.2) is 0 Å². The van der Waals surface area contributed by atoms with Crippen molar-refractivity contribution < 1.29 is 9.84 Å². The van der Waals surface area contributed by atoms with Gasteiger partial charge in [0, 0.05) is 16.5 Å². The van der Waals surface area contributed by atoms with Gasteiger partial charge < -0.3 is 9.84 Å². The molecular formula is C17H23BrO2. The van der Waals surface area contributed by atoms with E-state index in [9.17, 15) is 5.11 Å². The van der Waals surface area contributed by atoms with Crippen LogP contribution >= 0.6 is 15.9 Å². The molecule has 0 amide bonds. The van der Waals surface area contributed by atoms with Gasteiger partial charge in [0.15, 0.2) is 0 Å². The first-order valence-corrected chi connectivity index (χ1v) is 8.24. The molecule has 3 atom stereocenters. The van der Waals surface area contributed by atoms with Gasteiger partial charge in [0.2, 0.25) is 0 Å². The van der Waals surface area contributed by atoms with E-state index in [2.05, 4.69) is 36.7 Å². The minimum absolute atomic E-state index is 0.200. The summed E-state index contributed by atoms with van der Waals surface area (Å²) in [5.41, 5.74) is 1.00. The van der Waals surface area contributed by atoms with Gasteiger partial charge in [0.25, 0.3) is 0 Å². The van der Waals surface area contributed by atoms with Gasteiger partial charge in [-0.2, -0.15) is 0 Å². The van der Waals surface area contributed by atoms with E-state index >= 15 is 0 Å². The van der Waals surface area contributed by atoms with Crippen LogP contribution in [0.15, 0.2) is 22.7 Å². The predicted molar refractivity (Wildman–Crippen MR) is 83.9 cm³/mol. The quantitative estimate of drug-likeness (QED) is 0.732. The molecule has 3 rings (SSSR count). The van der Waals surface area contributed by atoms with E-state index in [-0.39, 0.29) is 11.0 Å². The van der Waals surface area contributed by atoms with Crippen molar-refractivity contribution >= 4 is 15.9 Å². The van der Waals surface area contributed by atoms with E-state index in [1.807, 2.05) is 18.2 Å². The van der Waals surface area contributed by atoms with Crippen molar-refractivity contribution in [1.82, 2.24) is 0 Å². The second-order valence-electron chi connectivity index (χ2n) is 7.54. The highest BCUT2D eigenvalue weighted by Gasteiger charge is 2.48. The standard InChI is InChI=1S/C17H23BrO2/c1-11-7-16(2,3)10-17(8-11)9-14(19)13-5-4-12(18)6-15(13)20-17/h4-6,11,14,19H,7-10H2,1-3H3. The molecule has 1 fully saturated rings. The summed E-state index contributed by atoms with van der Waals surface area (Å²) in [5.74, 6) is 1.49. The van der Waals surface area contributed by atoms with Crippen LogP contribution in [0.3, 0.4) is 0 Å². The lowest BCUT2D eigenvalue weighted by atomic mass is 9.63. The third-order valence-electron chi connectivity index (χ3n) is 4.65. The van der Waals surface area contributed by atoms with Gasteiger partial charge in [-0.3, -0.25) is 0 Å². The molecule has 20 heavy (non-hydrogen) atoms. The van der Waals surface area contributed by atoms with Crippen molar-refractivity contribution in [3.8, 4) is 5.75 Å². The Balaban J connectivity index is 1.97. The number of fused-ring (bicyclic) bond motifs is 1. The van der Waals surface area contributed by atoms with Gasteiger partial charge in [0.05, 0.1) is 6.10 Å². The number of hydrogen-bond donors (Lipinski definition) is 1. The first-order chi connectivity index (χ1) is 9.29. The summed E-state index contributed by atoms with van der Waals surface area (Å²) < 4.78 is 7.43. The third kappa shape index (κ3) is 2.62. The van der Waals surface area contributed by atoms with E-state index in [0.29, 0.717) is 5.92 Å². The Bertz CT molecular complexity index is 526. The fourth-order valence-electron chi connectivity index (χ4n) is 4.51. The predicted octanol–water partition coefficient (Wildman–Crippen LogP) is 4.85. The van der Waals surface area contributed by atoms with E-state index in [0.717, 1.165) is 35.0 Å². The smallest absolute Gasteiger partial charge is 0.127 e. The van der Waals surface area contributed by atoms with Gasteiger partial charge in [-0.05, 0) is 42.7 Å². The Morgan fingerprint density at radius 3 is 2.70 bits per heavy atom. The average Bonchev–Trinajstić information content (AvgIpc) is 2.23. The van der Waals surface area contributed by atoms with Crippen LogP contribution in [0.25, 0.3) is 0 Å². The molecule has 1 heterocycles. The molecule has 1 aliphatic heterocycles. The average molecular weight is 339 g/mol. The summed E-state index contributed by atoms with van der Waals surface area (Å²) in [7, 11) is 0. The summed E-state index contributed by atoms with van der Waals surface area (Å²) in [6.07, 6.45) is 3.61. The van der Waals surface area contributed by atoms with Crippen molar-refractivity contribution in [2.75, 3.05) is 0 Å². The molecule has 0 saturated heterocycles. The molecule has 1 aliphatic carbocycles. The molecule has 1 saturated carbocycles. The Kier molecular flexibility index (Phi) is 3.41. The lowest BCUT2D eigenvalue weighted by Crippen LogP contribution is -2.49. The number of rotatable bonds is 0. The highest BCUT2D eigenvalue weighted by atomic mass is 79.9. The van der Waals surface area contributed by atoms with Crippen LogP contribution < -0.4 is 4.74 Å². The lowest BCUT2D eigenvalue weighted by molar-refractivity contribution is -0.0822. The number of benzene rings is 1. The fourth-order valence-corrected chi connectivity index (χ4v) is 4.85. The molecule has 1 aromatic carbocycles. The maximum Gasteiger partial charge on any atom is 0.127 e. The maximum absolute atomic E-state index is 10.5. The van der Waals surface area contributed by atoms with Crippen LogP contribution in [0.4, 0.5) is 0 Å². The zero-order valence-electron chi connectivity index (χ0n) is 12.4. The van der Waals surface area contributed by atoms with E-state index in [4.69, 9.17) is 4.74 Å². The zero-order valence-corrected chi connectivity index (χ0v) is 14.0. The first kappa shape index (κ1) is 14.4. The third-order valence-corrected chi connectivity index (χ3v) is 5.14. The van der Waals surface area contributed by atoms with Crippen LogP contribution in [-0.2, 0) is 0 Å². The Morgan fingerprint density at radius 1 is 1.25 bits per heavy atom. The number of ether oxygens (including phenoxy) is 1. The van der Waals surface area contributed by atoms with Crippen LogP contribution in [0.1, 0.15) is 58.1 Å². The van der Waals surface area contributed by atoms with Crippen LogP contribution in [0, 0.1) is 11.3 Å². The van der Waals surface area contributed by atoms with Crippen LogP contribution in [-0.4, -0.2) is 10.7 Å². The SMILES string of the molecule is CC1CC(C)(C)CC2(C1)CC(O)c1ccc(Br)cc1O2. The molecule has 3 heteroatoms. The highest BCUT2D eigenvalue weighted by molar-refractivity contribution is 9.10. The van der Waals surface area contributed by atoms with Crippen LogP contribution in [0.2, 0.25) is 0 Å². The highest BCUT2D eigenvalue weighted by Crippen LogP contribution is 2.52. The Labute approximate surface area is 129 Å². The summed E-state index contributed by atoms with van der Waals surface area (Å²) in [6.45, 7) is 6.93. The minimum atomic E-state index is -0.409. The molecule has 3 unspecified atom stereocenters. The summed E-state index contributed by atoms with van der Waals surface area (Å²) in [4.78, 5) is 0. The Morgan fingerprint density at radius 2 is 2.00 bits per heavy atom. The van der Waals surface area contributed by atoms with Gasteiger partial charge in [-0.15, -0.1) is 0 Å². The summed E-state index contributed by atoms with van der Waals surface area (Å²) in [5, 5.41) is 10.5. The van der Waals surface area contributed by atoms with Gasteiger partial charge in [-0.1, -0.05) is 42.8 Å². The molecule has 0 bridgehead atoms. The number of aliphatic hydroxyl groups is 1. The first-order valence-electron chi connectivity index (χ1n) is 7.45. The Hall–Kier alpha value is -0.540. The van der Waals surface area contributed by atoms with Crippen molar-refractivity contribution in [2.45, 2.75) is 58.2 Å². The summed E-state index contributed by atoms with van der Waals surface area (Å²) >= 11 is 3.50. The van der Waals surface area contributed by atoms with E-state index < -0.39 is 6.10 Å². The van der Waals surface area contributed by atoms with Crippen molar-refractivity contribution in [3.05, 3.63) is 28.2 Å². The van der Waals surface area contributed by atoms with Crippen molar-refractivity contribution in [3.63, 3.8) is 0 Å². The molecule has 1 N–H and O–H groups in total. The zero-order chi connectivity index (χ0) is 14.5. The van der Waals surface area contributed by atoms with E-state index in [1.165, 1.54) is 6.42 Å². The molecule has 0 aromatic heterocycles. The maximum atomic E-state index is 10.5. The molecule has 1 spiro atoms. The van der Waals surface area contributed by atoms with Crippen molar-refractivity contribution in [2.24, 2.45) is 11.3 Å². The second-order valence-corrected chi connectivity index (χ2v) is 8.46. The minimum Gasteiger partial charge on any atom is -0.487 e. The van der Waals surface area contributed by atoms with Gasteiger partial charge >= 0.3 is 0 Å². The molecule has 110 valence electrons. The summed E-state index contributed by atoms with van der Waals surface area (Å²) in [6, 6.07) is 5.93. The molecular weight excluding hydrogens is 316 g/mol. The second kappa shape index (κ2) is 4.74. The van der Waals surface area contributed by atoms with E-state index in [1.54, 1.807) is 0 Å². The molecule has 2 nitrogen and oxygen atoms in total. The van der Waals surface area contributed by atoms with Crippen molar-refractivity contribution in [1.29, 1.82) is 0 Å².